The molecule has 0 N–H and O–H groups in total. The Kier molecular flexibility index (Phi) is 5.01. The van der Waals surface area contributed by atoms with Gasteiger partial charge in [-0.15, -0.1) is 0 Å². The fourth-order valence-electron chi connectivity index (χ4n) is 3.74. The summed E-state index contributed by atoms with van der Waals surface area (Å²) in [4.78, 5) is 40.9. The zero-order valence-electron chi connectivity index (χ0n) is 16.0. The summed E-state index contributed by atoms with van der Waals surface area (Å²) in [6, 6.07) is 1.61. The van der Waals surface area contributed by atoms with E-state index < -0.39 is 0 Å². The maximum Gasteiger partial charge on any atom is 0.346 e. The molecule has 2 aliphatic rings. The number of nitrogens with zero attached hydrogens (tertiary/aromatic N) is 6. The smallest absolute Gasteiger partial charge is 0.346 e. The number of piperazine rings is 1. The topological polar surface area (TPSA) is 106 Å². The zero-order chi connectivity index (χ0) is 19.7. The molecule has 0 unspecified atom stereocenters. The minimum absolute atomic E-state index is 0.0614. The molecule has 4 heterocycles. The van der Waals surface area contributed by atoms with E-state index >= 15 is 0 Å². The molecule has 0 aromatic carbocycles. The second-order valence-electron chi connectivity index (χ2n) is 7.32. The average molecular weight is 388 g/mol. The van der Waals surface area contributed by atoms with Gasteiger partial charge >= 0.3 is 5.69 Å². The number of amides is 2. The number of carbonyl (C=O) groups excluding carboxylic acids is 2. The first-order chi connectivity index (χ1) is 13.5. The van der Waals surface area contributed by atoms with E-state index in [9.17, 15) is 14.4 Å². The van der Waals surface area contributed by atoms with Gasteiger partial charge in [-0.3, -0.25) is 14.2 Å². The van der Waals surface area contributed by atoms with Crippen LogP contribution in [0.4, 0.5) is 0 Å². The molecule has 0 spiro atoms. The number of fused-ring (bicyclic) bond motifs is 1. The highest BCUT2D eigenvalue weighted by atomic mass is 16.5. The molecule has 0 atom stereocenters. The second-order valence-corrected chi connectivity index (χ2v) is 7.32. The quantitative estimate of drug-likeness (QED) is 0.736. The van der Waals surface area contributed by atoms with Gasteiger partial charge in [0.2, 0.25) is 11.7 Å². The van der Waals surface area contributed by atoms with Crippen molar-refractivity contribution in [3.05, 3.63) is 33.8 Å². The van der Waals surface area contributed by atoms with Crippen LogP contribution in [0.15, 0.2) is 15.4 Å². The third-order valence-electron chi connectivity index (χ3n) is 5.32. The van der Waals surface area contributed by atoms with Gasteiger partial charge in [-0.25, -0.2) is 9.48 Å². The predicted octanol–water partition coefficient (Wildman–Crippen LogP) is 0.0522. The molecule has 2 amide bonds. The van der Waals surface area contributed by atoms with Crippen LogP contribution in [0.3, 0.4) is 0 Å². The summed E-state index contributed by atoms with van der Waals surface area (Å²) in [6.07, 6.45) is 3.86. The van der Waals surface area contributed by atoms with Crippen LogP contribution in [-0.2, 0) is 24.3 Å². The van der Waals surface area contributed by atoms with Crippen molar-refractivity contribution < 1.29 is 14.1 Å². The van der Waals surface area contributed by atoms with Crippen molar-refractivity contribution in [2.75, 3.05) is 26.2 Å². The number of aryl methyl sites for hydroxylation is 2. The molecule has 150 valence electrons. The summed E-state index contributed by atoms with van der Waals surface area (Å²) in [5, 5.41) is 8.10. The standard InChI is InChI=1S/C18H24N6O4/c1-13-11-14(28-20-13)17(26)22-9-7-21(8-10-22)16(25)12-24-18(27)23-6-4-2-3-5-15(23)19-24/h11H,2-10,12H2,1H3. The Bertz CT molecular complexity index is 934. The molecule has 0 bridgehead atoms. The van der Waals surface area contributed by atoms with Crippen LogP contribution >= 0.6 is 0 Å². The largest absolute Gasteiger partial charge is 0.351 e. The molecule has 10 heteroatoms. The molecule has 0 saturated carbocycles. The van der Waals surface area contributed by atoms with Gasteiger partial charge in [-0.2, -0.15) is 5.10 Å². The normalized spacial score (nSPS) is 17.3. The van der Waals surface area contributed by atoms with Crippen molar-refractivity contribution >= 4 is 11.8 Å². The Hall–Kier alpha value is -2.91. The van der Waals surface area contributed by atoms with E-state index in [1.165, 1.54) is 4.68 Å². The van der Waals surface area contributed by atoms with Crippen molar-refractivity contribution in [2.45, 2.75) is 45.7 Å². The second kappa shape index (κ2) is 7.61. The zero-order valence-corrected chi connectivity index (χ0v) is 16.0. The Morgan fingerprint density at radius 2 is 1.82 bits per heavy atom. The van der Waals surface area contributed by atoms with Gasteiger partial charge in [0, 0.05) is 45.2 Å². The number of hydrogen-bond acceptors (Lipinski definition) is 6. The fraction of sp³-hybridized carbons (Fsp3) is 0.611. The Labute approximate surface area is 161 Å². The predicted molar refractivity (Wildman–Crippen MR) is 97.8 cm³/mol. The molecule has 10 nitrogen and oxygen atoms in total. The van der Waals surface area contributed by atoms with Gasteiger partial charge in [-0.05, 0) is 19.8 Å². The minimum atomic E-state index is -0.221. The van der Waals surface area contributed by atoms with Crippen molar-refractivity contribution in [3.63, 3.8) is 0 Å². The van der Waals surface area contributed by atoms with Crippen LogP contribution < -0.4 is 5.69 Å². The Morgan fingerprint density at radius 1 is 1.07 bits per heavy atom. The summed E-state index contributed by atoms with van der Waals surface area (Å²) < 4.78 is 7.99. The minimum Gasteiger partial charge on any atom is -0.351 e. The highest BCUT2D eigenvalue weighted by molar-refractivity contribution is 5.91. The van der Waals surface area contributed by atoms with E-state index in [1.807, 2.05) is 0 Å². The molecular formula is C18H24N6O4. The van der Waals surface area contributed by atoms with E-state index in [0.717, 1.165) is 31.5 Å². The third kappa shape index (κ3) is 3.58. The molecule has 2 aromatic heterocycles. The molecule has 1 saturated heterocycles. The van der Waals surface area contributed by atoms with Gasteiger partial charge in [0.1, 0.15) is 12.4 Å². The molecule has 1 fully saturated rings. The van der Waals surface area contributed by atoms with E-state index in [1.54, 1.807) is 27.4 Å². The monoisotopic (exact) mass is 388 g/mol. The van der Waals surface area contributed by atoms with E-state index in [4.69, 9.17) is 4.52 Å². The number of hydrogen-bond donors (Lipinski definition) is 0. The highest BCUT2D eigenvalue weighted by Gasteiger charge is 2.27. The van der Waals surface area contributed by atoms with E-state index in [-0.39, 0.29) is 29.8 Å². The van der Waals surface area contributed by atoms with Crippen LogP contribution in [0.5, 0.6) is 0 Å². The average Bonchev–Trinajstić information content (AvgIpc) is 3.16. The molecular weight excluding hydrogens is 364 g/mol. The van der Waals surface area contributed by atoms with Crippen LogP contribution in [0, 0.1) is 6.92 Å². The summed E-state index contributed by atoms with van der Waals surface area (Å²) in [5.74, 6) is 0.608. The van der Waals surface area contributed by atoms with Gasteiger partial charge in [-0.1, -0.05) is 11.6 Å². The fourth-order valence-corrected chi connectivity index (χ4v) is 3.74. The maximum atomic E-state index is 12.6. The van der Waals surface area contributed by atoms with Crippen molar-refractivity contribution in [1.82, 2.24) is 29.3 Å². The van der Waals surface area contributed by atoms with Crippen LogP contribution in [0.1, 0.15) is 41.3 Å². The van der Waals surface area contributed by atoms with Gasteiger partial charge in [0.15, 0.2) is 0 Å². The van der Waals surface area contributed by atoms with Gasteiger partial charge < -0.3 is 14.3 Å². The highest BCUT2D eigenvalue weighted by Crippen LogP contribution is 2.12. The summed E-state index contributed by atoms with van der Waals surface area (Å²) in [7, 11) is 0. The SMILES string of the molecule is Cc1cc(C(=O)N2CCN(C(=O)Cn3nc4n(c3=O)CCCCC4)CC2)on1. The molecule has 4 rings (SSSR count). The number of carbonyl (C=O) groups is 2. The summed E-state index contributed by atoms with van der Waals surface area (Å²) >= 11 is 0. The third-order valence-corrected chi connectivity index (χ3v) is 5.32. The Balaban J connectivity index is 1.36. The molecule has 0 aliphatic carbocycles. The summed E-state index contributed by atoms with van der Waals surface area (Å²) in [6.45, 7) is 4.03. The van der Waals surface area contributed by atoms with Crippen molar-refractivity contribution in [3.8, 4) is 0 Å². The summed E-state index contributed by atoms with van der Waals surface area (Å²) in [5.41, 5.74) is 0.445. The van der Waals surface area contributed by atoms with Crippen LogP contribution in [0.2, 0.25) is 0 Å². The maximum absolute atomic E-state index is 12.6. The van der Waals surface area contributed by atoms with Gasteiger partial charge in [0.25, 0.3) is 5.91 Å². The number of aromatic nitrogens is 4. The van der Waals surface area contributed by atoms with Gasteiger partial charge in [0.05, 0.1) is 5.69 Å². The molecule has 2 aliphatic heterocycles. The van der Waals surface area contributed by atoms with E-state index in [2.05, 4.69) is 10.3 Å². The Morgan fingerprint density at radius 3 is 2.54 bits per heavy atom. The molecule has 0 radical (unpaired) electrons. The number of rotatable bonds is 3. The van der Waals surface area contributed by atoms with Crippen LogP contribution in [-0.4, -0.2) is 67.3 Å². The first-order valence-electron chi connectivity index (χ1n) is 9.70. The lowest BCUT2D eigenvalue weighted by Crippen LogP contribution is -2.51. The van der Waals surface area contributed by atoms with Crippen LogP contribution in [0.25, 0.3) is 0 Å². The first kappa shape index (κ1) is 18.5. The van der Waals surface area contributed by atoms with Crippen molar-refractivity contribution in [2.24, 2.45) is 0 Å². The lowest BCUT2D eigenvalue weighted by atomic mass is 10.2. The lowest BCUT2D eigenvalue weighted by Gasteiger charge is -2.34. The first-order valence-corrected chi connectivity index (χ1v) is 9.70. The molecule has 2 aromatic rings. The van der Waals surface area contributed by atoms with E-state index in [0.29, 0.717) is 38.4 Å². The molecule has 28 heavy (non-hydrogen) atoms. The lowest BCUT2D eigenvalue weighted by molar-refractivity contribution is -0.133. The van der Waals surface area contributed by atoms with Crippen molar-refractivity contribution in [1.29, 1.82) is 0 Å².